The average Bonchev–Trinajstić information content (AvgIpc) is 2.84. The zero-order chi connectivity index (χ0) is 11.1. The zero-order valence-electron chi connectivity index (χ0n) is 10.6. The van der Waals surface area contributed by atoms with E-state index in [0.717, 1.165) is 12.8 Å². The highest BCUT2D eigenvalue weighted by Gasteiger charge is 2.50. The van der Waals surface area contributed by atoms with Crippen LogP contribution < -0.4 is 0 Å². The summed E-state index contributed by atoms with van der Waals surface area (Å²) in [6.45, 7) is 4.46. The van der Waals surface area contributed by atoms with Gasteiger partial charge in [0.15, 0.2) is 0 Å². The molecule has 2 unspecified atom stereocenters. The fraction of sp³-hybridized carbons (Fsp3) is 1.00. The average molecular weight is 212 g/mol. The molecule has 1 nitrogen and oxygen atoms in total. The van der Waals surface area contributed by atoms with Gasteiger partial charge in [0, 0.05) is 0 Å². The largest absolute Gasteiger partial charge is 0.390 e. The summed E-state index contributed by atoms with van der Waals surface area (Å²) < 4.78 is 0. The van der Waals surface area contributed by atoms with Gasteiger partial charge in [-0.05, 0) is 25.2 Å². The first kappa shape index (κ1) is 13.0. The summed E-state index contributed by atoms with van der Waals surface area (Å²) in [7, 11) is 0. The quantitative estimate of drug-likeness (QED) is 0.565. The van der Waals surface area contributed by atoms with Crippen LogP contribution in [-0.4, -0.2) is 10.7 Å². The predicted molar refractivity (Wildman–Crippen MR) is 66.0 cm³/mol. The highest BCUT2D eigenvalue weighted by atomic mass is 16.3. The Morgan fingerprint density at radius 3 is 2.33 bits per heavy atom. The van der Waals surface area contributed by atoms with Gasteiger partial charge in [0.2, 0.25) is 0 Å². The maximum Gasteiger partial charge on any atom is 0.0680 e. The van der Waals surface area contributed by atoms with Crippen molar-refractivity contribution < 1.29 is 5.11 Å². The van der Waals surface area contributed by atoms with Crippen molar-refractivity contribution in [1.29, 1.82) is 0 Å². The van der Waals surface area contributed by atoms with Crippen LogP contribution >= 0.6 is 0 Å². The standard InChI is InChI=1S/C14H28O/c1-3-5-6-7-8-9-11-14(15)12-13(14)10-4-2/h13,15H,3-12H2,1-2H3. The molecule has 0 saturated heterocycles. The molecule has 0 radical (unpaired) electrons. The highest BCUT2D eigenvalue weighted by Crippen LogP contribution is 2.49. The van der Waals surface area contributed by atoms with Crippen molar-refractivity contribution in [1.82, 2.24) is 0 Å². The van der Waals surface area contributed by atoms with E-state index in [1.807, 2.05) is 0 Å². The van der Waals surface area contributed by atoms with Crippen LogP contribution in [0.1, 0.15) is 78.1 Å². The van der Waals surface area contributed by atoms with Crippen LogP contribution in [0.3, 0.4) is 0 Å². The van der Waals surface area contributed by atoms with E-state index >= 15 is 0 Å². The first-order valence-electron chi connectivity index (χ1n) is 6.95. The maximum absolute atomic E-state index is 10.1. The lowest BCUT2D eigenvalue weighted by Gasteiger charge is -2.09. The van der Waals surface area contributed by atoms with Gasteiger partial charge in [-0.25, -0.2) is 0 Å². The van der Waals surface area contributed by atoms with Crippen molar-refractivity contribution in [3.63, 3.8) is 0 Å². The van der Waals surface area contributed by atoms with Crippen LogP contribution in [-0.2, 0) is 0 Å². The lowest BCUT2D eigenvalue weighted by atomic mass is 10.0. The fourth-order valence-corrected chi connectivity index (χ4v) is 2.60. The van der Waals surface area contributed by atoms with Crippen LogP contribution in [0, 0.1) is 5.92 Å². The molecule has 2 atom stereocenters. The van der Waals surface area contributed by atoms with Gasteiger partial charge in [0.05, 0.1) is 5.60 Å². The lowest BCUT2D eigenvalue weighted by molar-refractivity contribution is 0.115. The van der Waals surface area contributed by atoms with Crippen molar-refractivity contribution in [3.05, 3.63) is 0 Å². The fourth-order valence-electron chi connectivity index (χ4n) is 2.60. The number of hydrogen-bond acceptors (Lipinski definition) is 1. The van der Waals surface area contributed by atoms with Crippen LogP contribution in [0.15, 0.2) is 0 Å². The molecular formula is C14H28O. The van der Waals surface area contributed by atoms with E-state index in [1.165, 1.54) is 51.4 Å². The Labute approximate surface area is 95.3 Å². The second kappa shape index (κ2) is 6.52. The van der Waals surface area contributed by atoms with Crippen LogP contribution in [0.2, 0.25) is 0 Å². The van der Waals surface area contributed by atoms with Gasteiger partial charge in [0.25, 0.3) is 0 Å². The van der Waals surface area contributed by atoms with Crippen molar-refractivity contribution in [2.45, 2.75) is 83.7 Å². The first-order valence-corrected chi connectivity index (χ1v) is 6.95. The summed E-state index contributed by atoms with van der Waals surface area (Å²) in [5.74, 6) is 0.637. The second-order valence-electron chi connectivity index (χ2n) is 5.31. The molecule has 1 fully saturated rings. The SMILES string of the molecule is CCCCCCCCC1(O)CC1CCC. The van der Waals surface area contributed by atoms with Gasteiger partial charge in [-0.2, -0.15) is 0 Å². The molecule has 0 aromatic carbocycles. The van der Waals surface area contributed by atoms with E-state index in [0.29, 0.717) is 5.92 Å². The Kier molecular flexibility index (Phi) is 5.66. The van der Waals surface area contributed by atoms with E-state index in [1.54, 1.807) is 0 Å². The molecule has 15 heavy (non-hydrogen) atoms. The number of hydrogen-bond donors (Lipinski definition) is 1. The monoisotopic (exact) mass is 212 g/mol. The molecule has 0 bridgehead atoms. The van der Waals surface area contributed by atoms with Crippen molar-refractivity contribution in [2.24, 2.45) is 5.92 Å². The molecule has 1 N–H and O–H groups in total. The number of unbranched alkanes of at least 4 members (excludes halogenated alkanes) is 5. The number of rotatable bonds is 9. The molecule has 0 aromatic rings. The second-order valence-corrected chi connectivity index (χ2v) is 5.31. The van der Waals surface area contributed by atoms with Crippen molar-refractivity contribution >= 4 is 0 Å². The van der Waals surface area contributed by atoms with E-state index < -0.39 is 0 Å². The first-order chi connectivity index (χ1) is 7.23. The number of aliphatic hydroxyl groups is 1. The smallest absolute Gasteiger partial charge is 0.0680 e. The Balaban J connectivity index is 1.92. The van der Waals surface area contributed by atoms with Crippen LogP contribution in [0.25, 0.3) is 0 Å². The molecular weight excluding hydrogens is 184 g/mol. The predicted octanol–water partition coefficient (Wildman–Crippen LogP) is 4.29. The third-order valence-corrected chi connectivity index (χ3v) is 3.80. The van der Waals surface area contributed by atoms with Gasteiger partial charge in [-0.15, -0.1) is 0 Å². The normalized spacial score (nSPS) is 29.4. The van der Waals surface area contributed by atoms with Crippen molar-refractivity contribution in [2.75, 3.05) is 0 Å². The minimum atomic E-state index is -0.235. The summed E-state index contributed by atoms with van der Waals surface area (Å²) >= 11 is 0. The Morgan fingerprint density at radius 1 is 1.00 bits per heavy atom. The van der Waals surface area contributed by atoms with Gasteiger partial charge < -0.3 is 5.11 Å². The third-order valence-electron chi connectivity index (χ3n) is 3.80. The molecule has 1 saturated carbocycles. The molecule has 1 aliphatic carbocycles. The topological polar surface area (TPSA) is 20.2 Å². The molecule has 0 heterocycles. The molecule has 0 aliphatic heterocycles. The highest BCUT2D eigenvalue weighted by molar-refractivity contribution is 5.02. The molecule has 1 aliphatic rings. The van der Waals surface area contributed by atoms with E-state index in [-0.39, 0.29) is 5.60 Å². The van der Waals surface area contributed by atoms with E-state index in [9.17, 15) is 5.11 Å². The Bertz CT molecular complexity index is 167. The molecule has 0 aromatic heterocycles. The Morgan fingerprint density at radius 2 is 1.67 bits per heavy atom. The van der Waals surface area contributed by atoms with Crippen molar-refractivity contribution in [3.8, 4) is 0 Å². The summed E-state index contributed by atoms with van der Waals surface area (Å²) in [6.07, 6.45) is 12.6. The molecule has 1 rings (SSSR count). The maximum atomic E-state index is 10.1. The summed E-state index contributed by atoms with van der Waals surface area (Å²) in [4.78, 5) is 0. The minimum absolute atomic E-state index is 0.235. The van der Waals surface area contributed by atoms with Gasteiger partial charge >= 0.3 is 0 Å². The van der Waals surface area contributed by atoms with Crippen LogP contribution in [0.4, 0.5) is 0 Å². The summed E-state index contributed by atoms with van der Waals surface area (Å²) in [5, 5.41) is 10.1. The summed E-state index contributed by atoms with van der Waals surface area (Å²) in [5.41, 5.74) is -0.235. The van der Waals surface area contributed by atoms with Gasteiger partial charge in [0.1, 0.15) is 0 Å². The van der Waals surface area contributed by atoms with Gasteiger partial charge in [-0.1, -0.05) is 58.8 Å². The molecule has 1 heteroatoms. The zero-order valence-corrected chi connectivity index (χ0v) is 10.6. The van der Waals surface area contributed by atoms with Crippen LogP contribution in [0.5, 0.6) is 0 Å². The molecule has 90 valence electrons. The third kappa shape index (κ3) is 4.55. The van der Waals surface area contributed by atoms with Gasteiger partial charge in [-0.3, -0.25) is 0 Å². The molecule has 0 amide bonds. The lowest BCUT2D eigenvalue weighted by Crippen LogP contribution is -2.10. The molecule has 0 spiro atoms. The summed E-state index contributed by atoms with van der Waals surface area (Å²) in [6, 6.07) is 0. The minimum Gasteiger partial charge on any atom is -0.390 e. The van der Waals surface area contributed by atoms with E-state index in [4.69, 9.17) is 0 Å². The van der Waals surface area contributed by atoms with E-state index in [2.05, 4.69) is 13.8 Å². The Hall–Kier alpha value is -0.0400.